The molecule has 1 heterocycles. The summed E-state index contributed by atoms with van der Waals surface area (Å²) in [5.41, 5.74) is 0.938. The third-order valence-electron chi connectivity index (χ3n) is 4.74. The number of nitrogens with one attached hydrogen (secondary N) is 1. The van der Waals surface area contributed by atoms with Crippen LogP contribution in [0.2, 0.25) is 0 Å². The summed E-state index contributed by atoms with van der Waals surface area (Å²) in [7, 11) is -3.62. The highest BCUT2D eigenvalue weighted by atomic mass is 32.2. The molecule has 0 spiro atoms. The molecule has 156 valence electrons. The van der Waals surface area contributed by atoms with Gasteiger partial charge in [0.25, 0.3) is 0 Å². The van der Waals surface area contributed by atoms with Gasteiger partial charge in [0.05, 0.1) is 18.0 Å². The Morgan fingerprint density at radius 3 is 2.66 bits per heavy atom. The smallest absolute Gasteiger partial charge is 0.241 e. The minimum absolute atomic E-state index is 0.249. The van der Waals surface area contributed by atoms with E-state index in [1.54, 1.807) is 18.2 Å². The summed E-state index contributed by atoms with van der Waals surface area (Å²) in [6.07, 6.45) is 3.62. The van der Waals surface area contributed by atoms with E-state index in [0.29, 0.717) is 12.1 Å². The van der Waals surface area contributed by atoms with Gasteiger partial charge in [0, 0.05) is 16.9 Å². The summed E-state index contributed by atoms with van der Waals surface area (Å²) in [6, 6.07) is 14.5. The molecule has 1 amide bonds. The zero-order valence-electron chi connectivity index (χ0n) is 17.0. The molecule has 1 atom stereocenters. The van der Waals surface area contributed by atoms with Crippen LogP contribution in [-0.2, 0) is 14.8 Å². The molecule has 1 aliphatic heterocycles. The Morgan fingerprint density at radius 2 is 1.97 bits per heavy atom. The number of rotatable bonds is 6. The number of carbonyl (C=O) groups is 1. The molecule has 6 nitrogen and oxygen atoms in total. The average Bonchev–Trinajstić information content (AvgIpc) is 2.64. The molecule has 0 aliphatic carbocycles. The molecule has 0 bridgehead atoms. The Morgan fingerprint density at radius 1 is 1.24 bits per heavy atom. The van der Waals surface area contributed by atoms with Gasteiger partial charge in [-0.3, -0.25) is 9.10 Å². The monoisotopic (exact) mass is 434 g/mol. The van der Waals surface area contributed by atoms with Crippen LogP contribution < -0.4 is 14.4 Å². The fourth-order valence-corrected chi connectivity index (χ4v) is 4.77. The third kappa shape index (κ3) is 5.25. The highest BCUT2D eigenvalue weighted by Gasteiger charge is 2.34. The summed E-state index contributed by atoms with van der Waals surface area (Å²) in [5.74, 6) is 0.379. The first-order valence-corrected chi connectivity index (χ1v) is 12.4. The van der Waals surface area contributed by atoms with Crippen LogP contribution in [0.25, 0.3) is 0 Å². The molecule has 0 saturated heterocycles. The van der Waals surface area contributed by atoms with E-state index in [-0.39, 0.29) is 18.5 Å². The van der Waals surface area contributed by atoms with E-state index in [4.69, 9.17) is 4.74 Å². The van der Waals surface area contributed by atoms with Crippen LogP contribution in [0.3, 0.4) is 0 Å². The van der Waals surface area contributed by atoms with Gasteiger partial charge in [-0.2, -0.15) is 0 Å². The number of nitrogens with zero attached hydrogens (tertiary/aromatic N) is 1. The quantitative estimate of drug-likeness (QED) is 0.703. The van der Waals surface area contributed by atoms with Gasteiger partial charge in [0.2, 0.25) is 15.9 Å². The van der Waals surface area contributed by atoms with Crippen molar-refractivity contribution in [2.75, 3.05) is 23.4 Å². The molecule has 8 heteroatoms. The molecule has 0 unspecified atom stereocenters. The van der Waals surface area contributed by atoms with Crippen molar-refractivity contribution in [3.05, 3.63) is 54.1 Å². The van der Waals surface area contributed by atoms with Gasteiger partial charge in [-0.1, -0.05) is 24.3 Å². The van der Waals surface area contributed by atoms with Crippen LogP contribution in [0, 0.1) is 0 Å². The van der Waals surface area contributed by atoms with Crippen molar-refractivity contribution in [2.45, 2.75) is 36.8 Å². The Hall–Kier alpha value is -2.19. The number of hydrogen-bond acceptors (Lipinski definition) is 5. The normalized spacial score (nSPS) is 17.7. The number of thioether (sulfide) groups is 1. The van der Waals surface area contributed by atoms with E-state index in [0.717, 1.165) is 26.8 Å². The van der Waals surface area contributed by atoms with Gasteiger partial charge in [-0.15, -0.1) is 11.8 Å². The van der Waals surface area contributed by atoms with Gasteiger partial charge in [-0.25, -0.2) is 8.42 Å². The van der Waals surface area contributed by atoms with Crippen molar-refractivity contribution >= 4 is 33.4 Å². The molecular formula is C21H26N2O4S2. The van der Waals surface area contributed by atoms with E-state index >= 15 is 0 Å². The third-order valence-corrected chi connectivity index (χ3v) is 6.61. The predicted molar refractivity (Wildman–Crippen MR) is 117 cm³/mol. The second-order valence-corrected chi connectivity index (χ2v) is 10.5. The maximum Gasteiger partial charge on any atom is 0.241 e. The van der Waals surface area contributed by atoms with Crippen LogP contribution >= 0.6 is 11.8 Å². The fourth-order valence-electron chi connectivity index (χ4n) is 3.47. The fraction of sp³-hybridized carbons (Fsp3) is 0.381. The van der Waals surface area contributed by atoms with Crippen molar-refractivity contribution in [1.29, 1.82) is 0 Å². The van der Waals surface area contributed by atoms with E-state index in [1.807, 2.05) is 50.4 Å². The van der Waals surface area contributed by atoms with Gasteiger partial charge < -0.3 is 10.1 Å². The van der Waals surface area contributed by atoms with Gasteiger partial charge >= 0.3 is 0 Å². The lowest BCUT2D eigenvalue weighted by molar-refractivity contribution is -0.120. The first-order valence-electron chi connectivity index (χ1n) is 9.28. The van der Waals surface area contributed by atoms with Crippen molar-refractivity contribution in [3.8, 4) is 5.75 Å². The van der Waals surface area contributed by atoms with E-state index in [1.165, 1.54) is 11.8 Å². The number of anilines is 1. The number of amides is 1. The first-order chi connectivity index (χ1) is 13.6. The van der Waals surface area contributed by atoms with Crippen LogP contribution in [0.1, 0.15) is 31.9 Å². The number of benzene rings is 2. The molecule has 3 rings (SSSR count). The molecule has 2 aromatic carbocycles. The number of para-hydroxylation sites is 1. The first kappa shape index (κ1) is 21.5. The standard InChI is InChI=1S/C21H26N2O4S2/c1-21(2)13-18(17-10-5-6-11-19(17)27-21)22-20(24)14-23(29(4,25)26)15-8-7-9-16(12-15)28-3/h5-12,18H,13-14H2,1-4H3,(H,22,24)/t18-/m0/s1. The van der Waals surface area contributed by atoms with E-state index < -0.39 is 15.6 Å². The maximum atomic E-state index is 12.9. The Labute approximate surface area is 176 Å². The topological polar surface area (TPSA) is 75.7 Å². The summed E-state index contributed by atoms with van der Waals surface area (Å²) in [4.78, 5) is 13.8. The lowest BCUT2D eigenvalue weighted by Crippen LogP contribution is -2.45. The number of hydrogen-bond donors (Lipinski definition) is 1. The molecule has 0 saturated carbocycles. The Bertz CT molecular complexity index is 1010. The predicted octanol–water partition coefficient (Wildman–Crippen LogP) is 3.59. The minimum Gasteiger partial charge on any atom is -0.487 e. The van der Waals surface area contributed by atoms with Crippen LogP contribution in [-0.4, -0.2) is 39.0 Å². The molecule has 2 aromatic rings. The number of sulfonamides is 1. The molecule has 29 heavy (non-hydrogen) atoms. The second kappa shape index (κ2) is 8.28. The maximum absolute atomic E-state index is 12.9. The lowest BCUT2D eigenvalue weighted by Gasteiger charge is -2.38. The second-order valence-electron chi connectivity index (χ2n) is 7.69. The Balaban J connectivity index is 1.82. The lowest BCUT2D eigenvalue weighted by atomic mass is 9.89. The van der Waals surface area contributed by atoms with Crippen molar-refractivity contribution in [2.24, 2.45) is 0 Å². The Kier molecular flexibility index (Phi) is 6.14. The largest absolute Gasteiger partial charge is 0.487 e. The van der Waals surface area contributed by atoms with Gasteiger partial charge in [0.15, 0.2) is 0 Å². The highest BCUT2D eigenvalue weighted by Crippen LogP contribution is 2.39. The van der Waals surface area contributed by atoms with Crippen LogP contribution in [0.15, 0.2) is 53.4 Å². The van der Waals surface area contributed by atoms with Crippen LogP contribution in [0.5, 0.6) is 5.75 Å². The molecule has 0 aromatic heterocycles. The minimum atomic E-state index is -3.62. The molecule has 0 fully saturated rings. The summed E-state index contributed by atoms with van der Waals surface area (Å²) in [5, 5.41) is 3.00. The number of carbonyl (C=O) groups excluding carboxylic acids is 1. The zero-order valence-corrected chi connectivity index (χ0v) is 18.6. The van der Waals surface area contributed by atoms with Crippen molar-refractivity contribution in [1.82, 2.24) is 5.32 Å². The summed E-state index contributed by atoms with van der Waals surface area (Å²) in [6.45, 7) is 3.66. The zero-order chi connectivity index (χ0) is 21.2. The van der Waals surface area contributed by atoms with E-state index in [9.17, 15) is 13.2 Å². The molecular weight excluding hydrogens is 408 g/mol. The van der Waals surface area contributed by atoms with Crippen molar-refractivity contribution in [3.63, 3.8) is 0 Å². The van der Waals surface area contributed by atoms with Crippen LogP contribution in [0.4, 0.5) is 5.69 Å². The molecule has 0 radical (unpaired) electrons. The molecule has 1 aliphatic rings. The summed E-state index contributed by atoms with van der Waals surface area (Å²) < 4.78 is 31.9. The average molecular weight is 435 g/mol. The SMILES string of the molecule is CSc1cccc(N(CC(=O)N[C@H]2CC(C)(C)Oc3ccccc32)S(C)(=O)=O)c1. The summed E-state index contributed by atoms with van der Waals surface area (Å²) >= 11 is 1.51. The number of fused-ring (bicyclic) bond motifs is 1. The number of ether oxygens (including phenoxy) is 1. The van der Waals surface area contributed by atoms with Crippen molar-refractivity contribution < 1.29 is 17.9 Å². The highest BCUT2D eigenvalue weighted by molar-refractivity contribution is 7.98. The van der Waals surface area contributed by atoms with Gasteiger partial charge in [-0.05, 0) is 44.4 Å². The molecule has 1 N–H and O–H groups in total. The van der Waals surface area contributed by atoms with E-state index in [2.05, 4.69) is 5.32 Å². The van der Waals surface area contributed by atoms with Gasteiger partial charge in [0.1, 0.15) is 17.9 Å².